The summed E-state index contributed by atoms with van der Waals surface area (Å²) in [6.45, 7) is 13.0. The molecule has 0 saturated carbocycles. The number of nitrogens with zero attached hydrogens (tertiary/aromatic N) is 5. The van der Waals surface area contributed by atoms with E-state index >= 15 is 0 Å². The normalized spacial score (nSPS) is 14.7. The maximum atomic E-state index is 14.3. The van der Waals surface area contributed by atoms with Gasteiger partial charge >= 0.3 is 0 Å². The highest BCUT2D eigenvalue weighted by atomic mass is 32.2. The van der Waals surface area contributed by atoms with Crippen molar-refractivity contribution in [2.24, 2.45) is 0 Å². The van der Waals surface area contributed by atoms with Gasteiger partial charge in [0.05, 0.1) is 40.6 Å². The van der Waals surface area contributed by atoms with E-state index in [1.54, 1.807) is 30.3 Å². The van der Waals surface area contributed by atoms with Crippen LogP contribution in [0.2, 0.25) is 0 Å². The summed E-state index contributed by atoms with van der Waals surface area (Å²) >= 11 is 0. The molecule has 1 aliphatic heterocycles. The van der Waals surface area contributed by atoms with Crippen LogP contribution in [0.3, 0.4) is 0 Å². The third kappa shape index (κ3) is 11.1. The molecule has 0 spiro atoms. The van der Waals surface area contributed by atoms with Crippen molar-refractivity contribution in [1.29, 1.82) is 5.26 Å². The topological polar surface area (TPSA) is 139 Å². The Labute approximate surface area is 312 Å². The molecule has 2 aromatic heterocycles. The molecule has 1 aliphatic rings. The Bertz CT molecular complexity index is 2070. The number of halogens is 1. The first kappa shape index (κ1) is 39.8. The van der Waals surface area contributed by atoms with Gasteiger partial charge in [0.1, 0.15) is 28.1 Å². The van der Waals surface area contributed by atoms with E-state index in [0.29, 0.717) is 42.1 Å². The molecule has 5 rings (SSSR count). The van der Waals surface area contributed by atoms with E-state index in [1.807, 2.05) is 42.7 Å². The molecule has 1 fully saturated rings. The number of hydrogen-bond donors (Lipinski definition) is 1. The minimum absolute atomic E-state index is 0.00406. The SMILES string of the molecule is CCC(C)(C)OCCC(C)(C)NC(=O)c1ccc2nc(CN3CCC(c4cccc(OCc5ccc(C#N)cc5F)n4)CC3)n(CCS(C)(=O)=O)c2c1. The number of piperidine rings is 1. The minimum Gasteiger partial charge on any atom is -0.473 e. The van der Waals surface area contributed by atoms with Gasteiger partial charge < -0.3 is 19.4 Å². The van der Waals surface area contributed by atoms with Gasteiger partial charge in [-0.3, -0.25) is 9.69 Å². The molecule has 284 valence electrons. The Morgan fingerprint density at radius 1 is 1.08 bits per heavy atom. The first-order valence-electron chi connectivity index (χ1n) is 18.2. The Morgan fingerprint density at radius 3 is 2.51 bits per heavy atom. The molecular formula is C40H51FN6O5S. The van der Waals surface area contributed by atoms with Crippen molar-refractivity contribution in [3.63, 3.8) is 0 Å². The van der Waals surface area contributed by atoms with Crippen LogP contribution in [0.15, 0.2) is 54.6 Å². The van der Waals surface area contributed by atoms with E-state index in [1.165, 1.54) is 12.3 Å². The number of pyridine rings is 1. The minimum atomic E-state index is -3.26. The zero-order chi connectivity index (χ0) is 38.4. The number of amides is 1. The Kier molecular flexibility index (Phi) is 12.6. The van der Waals surface area contributed by atoms with Crippen LogP contribution in [-0.2, 0) is 34.3 Å². The lowest BCUT2D eigenvalue weighted by atomic mass is 9.93. The summed E-state index contributed by atoms with van der Waals surface area (Å²) in [4.78, 5) is 25.4. The Balaban J connectivity index is 1.24. The maximum absolute atomic E-state index is 14.3. The number of sulfone groups is 1. The fraction of sp³-hybridized carbons (Fsp3) is 0.500. The number of likely N-dealkylation sites (tertiary alicyclic amines) is 1. The van der Waals surface area contributed by atoms with Crippen LogP contribution >= 0.6 is 0 Å². The number of ether oxygens (including phenoxy) is 2. The fourth-order valence-corrected chi connectivity index (χ4v) is 6.79. The molecule has 11 nitrogen and oxygen atoms in total. The Hall–Kier alpha value is -4.38. The van der Waals surface area contributed by atoms with Gasteiger partial charge in [-0.1, -0.05) is 19.1 Å². The molecule has 1 saturated heterocycles. The van der Waals surface area contributed by atoms with E-state index in [2.05, 4.69) is 31.0 Å². The van der Waals surface area contributed by atoms with Crippen molar-refractivity contribution in [3.8, 4) is 11.9 Å². The van der Waals surface area contributed by atoms with Gasteiger partial charge in [-0.25, -0.2) is 22.8 Å². The monoisotopic (exact) mass is 746 g/mol. The van der Waals surface area contributed by atoms with Crippen LogP contribution in [0, 0.1) is 17.1 Å². The predicted octanol–water partition coefficient (Wildman–Crippen LogP) is 6.55. The summed E-state index contributed by atoms with van der Waals surface area (Å²) < 4.78 is 52.6. The average Bonchev–Trinajstić information content (AvgIpc) is 3.45. The van der Waals surface area contributed by atoms with Gasteiger partial charge in [-0.2, -0.15) is 5.26 Å². The summed E-state index contributed by atoms with van der Waals surface area (Å²) in [6, 6.07) is 17.3. The number of nitrogens with one attached hydrogen (secondary N) is 1. The second kappa shape index (κ2) is 16.7. The number of fused-ring (bicyclic) bond motifs is 1. The molecule has 4 aromatic rings. The second-order valence-electron chi connectivity index (χ2n) is 15.2. The van der Waals surface area contributed by atoms with Crippen LogP contribution in [0.25, 0.3) is 11.0 Å². The summed E-state index contributed by atoms with van der Waals surface area (Å²) in [6.07, 6.45) is 4.47. The smallest absolute Gasteiger partial charge is 0.251 e. The molecule has 2 aromatic carbocycles. The van der Waals surface area contributed by atoms with Gasteiger partial charge in [-0.15, -0.1) is 0 Å². The van der Waals surface area contributed by atoms with Crippen molar-refractivity contribution < 1.29 is 27.1 Å². The molecule has 1 N–H and O–H groups in total. The van der Waals surface area contributed by atoms with Gasteiger partial charge in [0.25, 0.3) is 5.91 Å². The molecule has 0 atom stereocenters. The molecule has 0 unspecified atom stereocenters. The quantitative estimate of drug-likeness (QED) is 0.135. The zero-order valence-electron chi connectivity index (χ0n) is 31.6. The van der Waals surface area contributed by atoms with Crippen molar-refractivity contribution in [2.45, 2.75) is 97.1 Å². The largest absolute Gasteiger partial charge is 0.473 e. The van der Waals surface area contributed by atoms with E-state index in [0.717, 1.165) is 49.4 Å². The molecular weight excluding hydrogens is 696 g/mol. The number of hydrogen-bond acceptors (Lipinski definition) is 9. The summed E-state index contributed by atoms with van der Waals surface area (Å²) in [5, 5.41) is 12.1. The molecule has 0 radical (unpaired) electrons. The van der Waals surface area contributed by atoms with Gasteiger partial charge in [0.2, 0.25) is 5.88 Å². The number of carbonyl (C=O) groups is 1. The number of carbonyl (C=O) groups excluding carboxylic acids is 1. The van der Waals surface area contributed by atoms with Crippen LogP contribution < -0.4 is 10.1 Å². The average molecular weight is 747 g/mol. The van der Waals surface area contributed by atoms with Crippen LogP contribution in [0.1, 0.15) is 99.2 Å². The number of nitriles is 1. The highest BCUT2D eigenvalue weighted by Gasteiger charge is 2.26. The van der Waals surface area contributed by atoms with E-state index in [4.69, 9.17) is 24.7 Å². The number of aryl methyl sites for hydroxylation is 1. The number of aromatic nitrogens is 3. The third-order valence-corrected chi connectivity index (χ3v) is 10.9. The van der Waals surface area contributed by atoms with Crippen molar-refractivity contribution in [1.82, 2.24) is 24.8 Å². The first-order valence-corrected chi connectivity index (χ1v) is 20.2. The van der Waals surface area contributed by atoms with Crippen LogP contribution in [-0.4, -0.2) is 76.6 Å². The van der Waals surface area contributed by atoms with Crippen molar-refractivity contribution in [2.75, 3.05) is 31.7 Å². The molecule has 1 amide bonds. The lowest BCUT2D eigenvalue weighted by molar-refractivity contribution is -0.0271. The van der Waals surface area contributed by atoms with E-state index in [9.17, 15) is 17.6 Å². The highest BCUT2D eigenvalue weighted by Crippen LogP contribution is 2.30. The maximum Gasteiger partial charge on any atom is 0.251 e. The Morgan fingerprint density at radius 2 is 1.83 bits per heavy atom. The van der Waals surface area contributed by atoms with E-state index in [-0.39, 0.29) is 41.9 Å². The van der Waals surface area contributed by atoms with E-state index < -0.39 is 21.2 Å². The zero-order valence-corrected chi connectivity index (χ0v) is 32.4. The molecule has 53 heavy (non-hydrogen) atoms. The summed E-state index contributed by atoms with van der Waals surface area (Å²) in [7, 11) is -3.26. The molecule has 0 aliphatic carbocycles. The molecule has 13 heteroatoms. The van der Waals surface area contributed by atoms with Gasteiger partial charge in [0.15, 0.2) is 0 Å². The summed E-state index contributed by atoms with van der Waals surface area (Å²) in [5.41, 5.74) is 2.70. The second-order valence-corrected chi connectivity index (χ2v) is 17.5. The summed E-state index contributed by atoms with van der Waals surface area (Å²) in [5.74, 6) is 0.619. The highest BCUT2D eigenvalue weighted by molar-refractivity contribution is 7.90. The van der Waals surface area contributed by atoms with Gasteiger partial charge in [-0.05, 0) is 103 Å². The third-order valence-electron chi connectivity index (χ3n) is 9.97. The number of imidazole rings is 1. The van der Waals surface area contributed by atoms with Gasteiger partial charge in [0, 0.05) is 53.8 Å². The number of benzene rings is 2. The predicted molar refractivity (Wildman–Crippen MR) is 203 cm³/mol. The van der Waals surface area contributed by atoms with Crippen molar-refractivity contribution in [3.05, 3.63) is 88.6 Å². The van der Waals surface area contributed by atoms with Crippen LogP contribution in [0.4, 0.5) is 4.39 Å². The van der Waals surface area contributed by atoms with Crippen LogP contribution in [0.5, 0.6) is 5.88 Å². The van der Waals surface area contributed by atoms with Crippen molar-refractivity contribution >= 4 is 26.8 Å². The molecule has 0 bridgehead atoms. The standard InChI is InChI=1S/C40H51FN6O5S/c1-7-40(4,5)52-21-17-39(2,3)45-38(48)30-13-14-34-35(24-30)47(20-22-53(6,49)50)36(43-34)26-46-18-15-29(16-19-46)33-9-8-10-37(44-33)51-27-31-12-11-28(25-42)23-32(31)41/h8-14,23-24,29H,7,15-22,26-27H2,1-6H3,(H,45,48). The lowest BCUT2D eigenvalue weighted by Crippen LogP contribution is -2.44. The fourth-order valence-electron chi connectivity index (χ4n) is 6.28. The first-order chi connectivity index (χ1) is 25.0. The lowest BCUT2D eigenvalue weighted by Gasteiger charge is -2.31. The number of rotatable bonds is 16. The molecule has 3 heterocycles.